The predicted molar refractivity (Wildman–Crippen MR) is 108 cm³/mol. The summed E-state index contributed by atoms with van der Waals surface area (Å²) in [5.74, 6) is -0.551. The fourth-order valence-electron chi connectivity index (χ4n) is 2.64. The Kier molecular flexibility index (Phi) is 5.73. The number of anilines is 1. The molecular formula is C20H15ClFN3O3S. The maximum Gasteiger partial charge on any atom is 0.264 e. The van der Waals surface area contributed by atoms with Gasteiger partial charge in [-0.25, -0.2) is 17.8 Å². The minimum absolute atomic E-state index is 0.00144. The molecule has 148 valence electrons. The van der Waals surface area contributed by atoms with Crippen LogP contribution < -0.4 is 9.46 Å². The minimum Gasteiger partial charge on any atom is -0.495 e. The van der Waals surface area contributed by atoms with Crippen molar-refractivity contribution in [3.63, 3.8) is 0 Å². The summed E-state index contributed by atoms with van der Waals surface area (Å²) >= 11 is 6.04. The number of ether oxygens (including phenoxy) is 1. The van der Waals surface area contributed by atoms with Gasteiger partial charge < -0.3 is 4.74 Å². The first kappa shape index (κ1) is 20.6. The second kappa shape index (κ2) is 8.07. The van der Waals surface area contributed by atoms with Gasteiger partial charge in [-0.05, 0) is 36.8 Å². The van der Waals surface area contributed by atoms with Crippen LogP contribution in [0.4, 0.5) is 10.1 Å². The number of nitriles is 1. The topological polar surface area (TPSA) is 92.1 Å². The minimum atomic E-state index is -4.09. The van der Waals surface area contributed by atoms with E-state index in [9.17, 15) is 12.8 Å². The van der Waals surface area contributed by atoms with Crippen LogP contribution in [0, 0.1) is 24.1 Å². The van der Waals surface area contributed by atoms with E-state index in [1.54, 1.807) is 25.1 Å². The van der Waals surface area contributed by atoms with E-state index in [1.807, 2.05) is 6.07 Å². The van der Waals surface area contributed by atoms with Crippen LogP contribution in [0.1, 0.15) is 11.1 Å². The highest BCUT2D eigenvalue weighted by Crippen LogP contribution is 2.30. The fourth-order valence-corrected chi connectivity index (χ4v) is 4.09. The van der Waals surface area contributed by atoms with Crippen LogP contribution in [-0.2, 0) is 10.0 Å². The summed E-state index contributed by atoms with van der Waals surface area (Å²) in [6.45, 7) is 1.68. The molecule has 0 aliphatic carbocycles. The summed E-state index contributed by atoms with van der Waals surface area (Å²) < 4.78 is 46.5. The van der Waals surface area contributed by atoms with Gasteiger partial charge in [-0.1, -0.05) is 29.8 Å². The average molecular weight is 432 g/mol. The molecule has 0 saturated heterocycles. The Morgan fingerprint density at radius 3 is 2.48 bits per heavy atom. The van der Waals surface area contributed by atoms with Gasteiger partial charge >= 0.3 is 0 Å². The monoisotopic (exact) mass is 431 g/mol. The van der Waals surface area contributed by atoms with Crippen molar-refractivity contribution in [2.24, 2.45) is 0 Å². The van der Waals surface area contributed by atoms with Crippen LogP contribution in [0.5, 0.6) is 5.75 Å². The first-order valence-corrected chi connectivity index (χ1v) is 10.2. The molecule has 1 N–H and O–H groups in total. The molecule has 3 aromatic rings. The van der Waals surface area contributed by atoms with Gasteiger partial charge in [0.05, 0.1) is 12.8 Å². The molecule has 9 heteroatoms. The van der Waals surface area contributed by atoms with Crippen LogP contribution in [0.15, 0.2) is 53.4 Å². The number of methoxy groups -OCH3 is 1. The Morgan fingerprint density at radius 1 is 1.17 bits per heavy atom. The van der Waals surface area contributed by atoms with Crippen molar-refractivity contribution in [1.29, 1.82) is 5.26 Å². The number of pyridine rings is 1. The van der Waals surface area contributed by atoms with Gasteiger partial charge in [-0.15, -0.1) is 0 Å². The summed E-state index contributed by atoms with van der Waals surface area (Å²) in [4.78, 5) is 3.75. The molecule has 0 bridgehead atoms. The number of hydrogen-bond donors (Lipinski definition) is 1. The van der Waals surface area contributed by atoms with Crippen molar-refractivity contribution in [2.75, 3.05) is 11.8 Å². The van der Waals surface area contributed by atoms with Crippen molar-refractivity contribution < 1.29 is 17.5 Å². The highest BCUT2D eigenvalue weighted by molar-refractivity contribution is 7.92. The van der Waals surface area contributed by atoms with E-state index < -0.39 is 20.7 Å². The lowest BCUT2D eigenvalue weighted by atomic mass is 10.1. The van der Waals surface area contributed by atoms with E-state index in [4.69, 9.17) is 21.6 Å². The number of aryl methyl sites for hydroxylation is 1. The molecule has 0 fully saturated rings. The molecule has 2 aromatic carbocycles. The molecule has 0 spiro atoms. The van der Waals surface area contributed by atoms with Gasteiger partial charge in [-0.3, -0.25) is 4.72 Å². The number of hydrogen-bond acceptors (Lipinski definition) is 5. The smallest absolute Gasteiger partial charge is 0.264 e. The van der Waals surface area contributed by atoms with E-state index in [2.05, 4.69) is 9.71 Å². The SMILES string of the molecule is COc1cc(-c2ccc(NS(=O)(=O)c3cc(C)ccc3F)cc2)nc(Cl)c1C#N. The molecule has 3 rings (SSSR count). The van der Waals surface area contributed by atoms with E-state index in [0.717, 1.165) is 6.07 Å². The normalized spacial score (nSPS) is 11.0. The zero-order chi connectivity index (χ0) is 21.2. The third kappa shape index (κ3) is 4.31. The number of aromatic nitrogens is 1. The number of rotatable bonds is 5. The largest absolute Gasteiger partial charge is 0.495 e. The van der Waals surface area contributed by atoms with Crippen LogP contribution in [-0.4, -0.2) is 20.5 Å². The van der Waals surface area contributed by atoms with E-state index in [0.29, 0.717) is 16.8 Å². The van der Waals surface area contributed by atoms with Gasteiger partial charge in [-0.2, -0.15) is 5.26 Å². The Labute approximate surface area is 172 Å². The first-order valence-electron chi connectivity index (χ1n) is 8.29. The molecule has 0 unspecified atom stereocenters. The first-order chi connectivity index (χ1) is 13.7. The highest BCUT2D eigenvalue weighted by atomic mass is 35.5. The Bertz CT molecular complexity index is 1220. The van der Waals surface area contributed by atoms with Crippen LogP contribution >= 0.6 is 11.6 Å². The summed E-state index contributed by atoms with van der Waals surface area (Å²) in [6, 6.07) is 13.6. The van der Waals surface area contributed by atoms with Crippen molar-refractivity contribution >= 4 is 27.3 Å². The van der Waals surface area contributed by atoms with Crippen LogP contribution in [0.25, 0.3) is 11.3 Å². The van der Waals surface area contributed by atoms with Gasteiger partial charge in [0.25, 0.3) is 10.0 Å². The zero-order valence-electron chi connectivity index (χ0n) is 15.4. The van der Waals surface area contributed by atoms with Gasteiger partial charge in [0, 0.05) is 17.3 Å². The van der Waals surface area contributed by atoms with Crippen molar-refractivity contribution in [3.8, 4) is 23.1 Å². The summed E-state index contributed by atoms with van der Waals surface area (Å²) in [7, 11) is -2.67. The number of nitrogens with one attached hydrogen (secondary N) is 1. The molecule has 0 aliphatic rings. The quantitative estimate of drug-likeness (QED) is 0.599. The predicted octanol–water partition coefficient (Wildman–Crippen LogP) is 4.53. The fraction of sp³-hybridized carbons (Fsp3) is 0.100. The molecule has 0 amide bonds. The number of nitrogens with zero attached hydrogens (tertiary/aromatic N) is 2. The third-order valence-electron chi connectivity index (χ3n) is 4.08. The second-order valence-corrected chi connectivity index (χ2v) is 8.11. The standard InChI is InChI=1S/C20H15ClFN3O3S/c1-12-3-8-16(22)19(9-12)29(26,27)25-14-6-4-13(5-7-14)17-10-18(28-2)15(11-23)20(21)24-17/h3-10,25H,1-2H3. The second-order valence-electron chi connectivity index (χ2n) is 6.10. The maximum atomic E-state index is 13.9. The summed E-state index contributed by atoms with van der Waals surface area (Å²) in [6.07, 6.45) is 0. The van der Waals surface area contributed by atoms with Gasteiger partial charge in [0.2, 0.25) is 0 Å². The number of sulfonamides is 1. The zero-order valence-corrected chi connectivity index (χ0v) is 17.0. The van der Waals surface area contributed by atoms with E-state index in [-0.39, 0.29) is 22.2 Å². The molecule has 0 saturated carbocycles. The van der Waals surface area contributed by atoms with E-state index >= 15 is 0 Å². The highest BCUT2D eigenvalue weighted by Gasteiger charge is 2.19. The van der Waals surface area contributed by atoms with Crippen molar-refractivity contribution in [2.45, 2.75) is 11.8 Å². The lowest BCUT2D eigenvalue weighted by Crippen LogP contribution is -2.14. The molecule has 0 atom stereocenters. The number of benzene rings is 2. The van der Waals surface area contributed by atoms with Crippen molar-refractivity contribution in [1.82, 2.24) is 4.98 Å². The summed E-state index contributed by atoms with van der Waals surface area (Å²) in [5, 5.41) is 9.12. The average Bonchev–Trinajstić information content (AvgIpc) is 2.69. The van der Waals surface area contributed by atoms with Crippen LogP contribution in [0.2, 0.25) is 5.15 Å². The Hall–Kier alpha value is -3.15. The molecule has 1 aromatic heterocycles. The Balaban J connectivity index is 1.91. The molecule has 6 nitrogen and oxygen atoms in total. The Morgan fingerprint density at radius 2 is 1.86 bits per heavy atom. The summed E-state index contributed by atoms with van der Waals surface area (Å²) in [5.41, 5.74) is 2.08. The lowest BCUT2D eigenvalue weighted by molar-refractivity contribution is 0.413. The van der Waals surface area contributed by atoms with Gasteiger partial charge in [0.15, 0.2) is 5.15 Å². The molecular weight excluding hydrogens is 417 g/mol. The molecule has 0 aliphatic heterocycles. The van der Waals surface area contributed by atoms with Crippen LogP contribution in [0.3, 0.4) is 0 Å². The lowest BCUT2D eigenvalue weighted by Gasteiger charge is -2.11. The molecule has 1 heterocycles. The van der Waals surface area contributed by atoms with E-state index in [1.165, 1.54) is 31.4 Å². The number of halogens is 2. The molecule has 29 heavy (non-hydrogen) atoms. The van der Waals surface area contributed by atoms with Crippen molar-refractivity contribution in [3.05, 3.63) is 70.6 Å². The van der Waals surface area contributed by atoms with Gasteiger partial charge in [0.1, 0.15) is 28.1 Å². The maximum absolute atomic E-state index is 13.9. The third-order valence-corrected chi connectivity index (χ3v) is 5.75. The molecule has 0 radical (unpaired) electrons.